The second kappa shape index (κ2) is 8.49. The molecule has 0 aliphatic heterocycles. The highest BCUT2D eigenvalue weighted by Gasteiger charge is 2.13. The van der Waals surface area contributed by atoms with Gasteiger partial charge in [-0.3, -0.25) is 4.68 Å². The van der Waals surface area contributed by atoms with Gasteiger partial charge in [-0.05, 0) is 32.1 Å². The van der Waals surface area contributed by atoms with Crippen LogP contribution in [-0.2, 0) is 26.7 Å². The third kappa shape index (κ3) is 5.09. The largest absolute Gasteiger partial charge is 0.334 e. The SMILES string of the molecule is CCN(Cc1cnn(C)c1)C(=O)NCc1ccccc1CN(C)C. The van der Waals surface area contributed by atoms with E-state index in [-0.39, 0.29) is 6.03 Å². The van der Waals surface area contributed by atoms with Crippen LogP contribution in [0.3, 0.4) is 0 Å². The number of nitrogens with zero attached hydrogens (tertiary/aromatic N) is 4. The van der Waals surface area contributed by atoms with E-state index in [0.717, 1.165) is 17.7 Å². The Kier molecular flexibility index (Phi) is 6.37. The number of rotatable bonds is 7. The average Bonchev–Trinajstić information content (AvgIpc) is 2.96. The molecule has 2 amide bonds. The molecule has 0 aliphatic rings. The van der Waals surface area contributed by atoms with Gasteiger partial charge in [-0.2, -0.15) is 5.10 Å². The van der Waals surface area contributed by atoms with Crippen LogP contribution < -0.4 is 5.32 Å². The number of urea groups is 1. The molecule has 1 aromatic heterocycles. The lowest BCUT2D eigenvalue weighted by Crippen LogP contribution is -2.39. The molecule has 2 rings (SSSR count). The minimum Gasteiger partial charge on any atom is -0.334 e. The predicted octanol–water partition coefficient (Wildman–Crippen LogP) is 2.21. The van der Waals surface area contributed by atoms with Crippen LogP contribution in [0.4, 0.5) is 4.79 Å². The van der Waals surface area contributed by atoms with E-state index >= 15 is 0 Å². The van der Waals surface area contributed by atoms with Crippen LogP contribution >= 0.6 is 0 Å². The molecule has 130 valence electrons. The smallest absolute Gasteiger partial charge is 0.317 e. The number of benzene rings is 1. The van der Waals surface area contributed by atoms with Crippen LogP contribution in [0, 0.1) is 0 Å². The minimum atomic E-state index is -0.0546. The number of aryl methyl sites for hydroxylation is 1. The molecule has 24 heavy (non-hydrogen) atoms. The highest BCUT2D eigenvalue weighted by atomic mass is 16.2. The van der Waals surface area contributed by atoms with Crippen LogP contribution in [0.2, 0.25) is 0 Å². The van der Waals surface area contributed by atoms with Crippen LogP contribution in [0.5, 0.6) is 0 Å². The molecule has 1 N–H and O–H groups in total. The summed E-state index contributed by atoms with van der Waals surface area (Å²) < 4.78 is 1.75. The molecule has 6 nitrogen and oxygen atoms in total. The molecule has 0 fully saturated rings. The first-order valence-corrected chi connectivity index (χ1v) is 8.21. The molecule has 6 heteroatoms. The Balaban J connectivity index is 1.96. The third-order valence-corrected chi connectivity index (χ3v) is 3.84. The number of carbonyl (C=O) groups is 1. The molecule has 1 heterocycles. The number of hydrogen-bond donors (Lipinski definition) is 1. The zero-order valence-electron chi connectivity index (χ0n) is 15.0. The molecule has 0 bridgehead atoms. The Labute approximate surface area is 144 Å². The van der Waals surface area contributed by atoms with Gasteiger partial charge in [-0.1, -0.05) is 24.3 Å². The standard InChI is InChI=1S/C18H27N5O/c1-5-23(13-15-10-20-22(4)12-15)18(24)19-11-16-8-6-7-9-17(16)14-21(2)3/h6-10,12H,5,11,13-14H2,1-4H3,(H,19,24). The van der Waals surface area contributed by atoms with E-state index in [2.05, 4.69) is 27.4 Å². The van der Waals surface area contributed by atoms with Crippen molar-refractivity contribution in [3.05, 3.63) is 53.3 Å². The summed E-state index contributed by atoms with van der Waals surface area (Å²) in [5.41, 5.74) is 3.41. The van der Waals surface area contributed by atoms with Gasteiger partial charge in [-0.15, -0.1) is 0 Å². The molecule has 0 saturated carbocycles. The lowest BCUT2D eigenvalue weighted by molar-refractivity contribution is 0.197. The van der Waals surface area contributed by atoms with Crippen LogP contribution in [0.1, 0.15) is 23.6 Å². The quantitative estimate of drug-likeness (QED) is 0.847. The average molecular weight is 329 g/mol. The summed E-state index contributed by atoms with van der Waals surface area (Å²) in [5, 5.41) is 7.18. The highest BCUT2D eigenvalue weighted by molar-refractivity contribution is 5.74. The first-order chi connectivity index (χ1) is 11.5. The predicted molar refractivity (Wildman–Crippen MR) is 95.4 cm³/mol. The maximum absolute atomic E-state index is 12.5. The Bertz CT molecular complexity index is 665. The summed E-state index contributed by atoms with van der Waals surface area (Å²) in [6.07, 6.45) is 3.73. The highest BCUT2D eigenvalue weighted by Crippen LogP contribution is 2.11. The van der Waals surface area contributed by atoms with E-state index in [1.54, 1.807) is 15.8 Å². The van der Waals surface area contributed by atoms with Gasteiger partial charge in [0.1, 0.15) is 0 Å². The zero-order chi connectivity index (χ0) is 17.5. The lowest BCUT2D eigenvalue weighted by Gasteiger charge is -2.21. The second-order valence-electron chi connectivity index (χ2n) is 6.20. The van der Waals surface area contributed by atoms with Crippen molar-refractivity contribution in [2.45, 2.75) is 26.6 Å². The molecule has 0 aliphatic carbocycles. The van der Waals surface area contributed by atoms with Crippen LogP contribution in [0.25, 0.3) is 0 Å². The van der Waals surface area contributed by atoms with Gasteiger partial charge in [0.25, 0.3) is 0 Å². The molecular formula is C18H27N5O. The van der Waals surface area contributed by atoms with Crippen molar-refractivity contribution in [1.82, 2.24) is 24.9 Å². The summed E-state index contributed by atoms with van der Waals surface area (Å²) in [4.78, 5) is 16.4. The van der Waals surface area contributed by atoms with Gasteiger partial charge in [0, 0.05) is 38.4 Å². The Hall–Kier alpha value is -2.34. The molecule has 2 aromatic rings. The first-order valence-electron chi connectivity index (χ1n) is 8.21. The van der Waals surface area contributed by atoms with E-state index in [9.17, 15) is 4.79 Å². The second-order valence-corrected chi connectivity index (χ2v) is 6.20. The van der Waals surface area contributed by atoms with Crippen molar-refractivity contribution in [3.63, 3.8) is 0 Å². The number of aromatic nitrogens is 2. The van der Waals surface area contributed by atoms with Gasteiger partial charge in [0.05, 0.1) is 12.7 Å². The van der Waals surface area contributed by atoms with E-state index in [1.165, 1.54) is 5.56 Å². The maximum atomic E-state index is 12.5. The molecule has 0 atom stereocenters. The molecule has 0 spiro atoms. The minimum absolute atomic E-state index is 0.0546. The van der Waals surface area contributed by atoms with Gasteiger partial charge in [0.2, 0.25) is 0 Å². The summed E-state index contributed by atoms with van der Waals surface area (Å²) in [7, 11) is 5.96. The summed E-state index contributed by atoms with van der Waals surface area (Å²) in [5.74, 6) is 0. The van der Waals surface area contributed by atoms with Crippen molar-refractivity contribution in [2.75, 3.05) is 20.6 Å². The van der Waals surface area contributed by atoms with Gasteiger partial charge in [0.15, 0.2) is 0 Å². The van der Waals surface area contributed by atoms with Crippen molar-refractivity contribution in [2.24, 2.45) is 7.05 Å². The summed E-state index contributed by atoms with van der Waals surface area (Å²) in [6, 6.07) is 8.16. The fourth-order valence-corrected chi connectivity index (χ4v) is 2.61. The number of nitrogens with one attached hydrogen (secondary N) is 1. The van der Waals surface area contributed by atoms with Crippen LogP contribution in [-0.4, -0.2) is 46.3 Å². The Morgan fingerprint density at radius 3 is 2.50 bits per heavy atom. The monoisotopic (exact) mass is 329 g/mol. The van der Waals surface area contributed by atoms with Gasteiger partial charge < -0.3 is 15.1 Å². The van der Waals surface area contributed by atoms with E-state index in [0.29, 0.717) is 19.6 Å². The van der Waals surface area contributed by atoms with Gasteiger partial charge >= 0.3 is 6.03 Å². The van der Waals surface area contributed by atoms with E-state index in [1.807, 2.05) is 46.4 Å². The van der Waals surface area contributed by atoms with Crippen molar-refractivity contribution in [3.8, 4) is 0 Å². The van der Waals surface area contributed by atoms with E-state index in [4.69, 9.17) is 0 Å². The van der Waals surface area contributed by atoms with Crippen molar-refractivity contribution in [1.29, 1.82) is 0 Å². The maximum Gasteiger partial charge on any atom is 0.317 e. The summed E-state index contributed by atoms with van der Waals surface area (Å²) >= 11 is 0. The number of carbonyl (C=O) groups excluding carboxylic acids is 1. The number of hydrogen-bond acceptors (Lipinski definition) is 3. The molecule has 0 radical (unpaired) electrons. The molecule has 0 unspecified atom stereocenters. The van der Waals surface area contributed by atoms with Crippen LogP contribution in [0.15, 0.2) is 36.7 Å². The molecule has 1 aromatic carbocycles. The molecule has 0 saturated heterocycles. The van der Waals surface area contributed by atoms with Crippen molar-refractivity contribution >= 4 is 6.03 Å². The normalized spacial score (nSPS) is 10.9. The van der Waals surface area contributed by atoms with Crippen molar-refractivity contribution < 1.29 is 4.79 Å². The summed E-state index contributed by atoms with van der Waals surface area (Å²) in [6.45, 7) is 4.59. The fourth-order valence-electron chi connectivity index (χ4n) is 2.61. The topological polar surface area (TPSA) is 53.4 Å². The fraction of sp³-hybridized carbons (Fsp3) is 0.444. The van der Waals surface area contributed by atoms with E-state index < -0.39 is 0 Å². The van der Waals surface area contributed by atoms with Gasteiger partial charge in [-0.25, -0.2) is 4.79 Å². The lowest BCUT2D eigenvalue weighted by atomic mass is 10.1. The third-order valence-electron chi connectivity index (χ3n) is 3.84. The molecular weight excluding hydrogens is 302 g/mol. The Morgan fingerprint density at radius 1 is 1.21 bits per heavy atom. The first kappa shape index (κ1) is 18.0. The Morgan fingerprint density at radius 2 is 1.92 bits per heavy atom. The number of amides is 2. The zero-order valence-corrected chi connectivity index (χ0v) is 15.0.